The van der Waals surface area contributed by atoms with E-state index in [9.17, 15) is 4.79 Å². The van der Waals surface area contributed by atoms with Crippen LogP contribution in [0.25, 0.3) is 0 Å². The minimum absolute atomic E-state index is 0. The van der Waals surface area contributed by atoms with Gasteiger partial charge in [-0.2, -0.15) is 4.98 Å². The molecule has 2 N–H and O–H groups in total. The van der Waals surface area contributed by atoms with Gasteiger partial charge in [0, 0.05) is 11.6 Å². The summed E-state index contributed by atoms with van der Waals surface area (Å²) in [4.78, 5) is 18.9. The molecule has 1 aliphatic heterocycles. The van der Waals surface area contributed by atoms with Gasteiger partial charge in [0.25, 0.3) is 0 Å². The summed E-state index contributed by atoms with van der Waals surface area (Å²) in [5, 5.41) is 5.06. The Morgan fingerprint density at radius 2 is 2.00 bits per heavy atom. The molecule has 26 heavy (non-hydrogen) atoms. The molecule has 140 valence electrons. The van der Waals surface area contributed by atoms with Crippen LogP contribution in [-0.2, 0) is 10.3 Å². The van der Waals surface area contributed by atoms with Crippen molar-refractivity contribution in [1.82, 2.24) is 10.1 Å². The number of anilines is 1. The number of nitrogens with two attached hydrogens (primary N) is 1. The highest BCUT2D eigenvalue weighted by atomic mass is 35.5. The van der Waals surface area contributed by atoms with E-state index in [1.807, 2.05) is 0 Å². The van der Waals surface area contributed by atoms with Crippen molar-refractivity contribution in [3.63, 3.8) is 0 Å². The van der Waals surface area contributed by atoms with Gasteiger partial charge < -0.3 is 15.2 Å². The molecule has 1 aromatic heterocycles. The molecule has 1 unspecified atom stereocenters. The van der Waals surface area contributed by atoms with E-state index in [4.69, 9.17) is 33.5 Å². The fourth-order valence-electron chi connectivity index (χ4n) is 3.65. The molecule has 0 bridgehead atoms. The number of carbonyl (C=O) groups is 1. The highest BCUT2D eigenvalue weighted by Crippen LogP contribution is 2.38. The molecule has 1 amide bonds. The van der Waals surface area contributed by atoms with Gasteiger partial charge in [-0.3, -0.25) is 4.79 Å². The third-order valence-electron chi connectivity index (χ3n) is 5.09. The smallest absolute Gasteiger partial charge is 0.239 e. The van der Waals surface area contributed by atoms with E-state index in [2.05, 4.69) is 10.1 Å². The lowest BCUT2D eigenvalue weighted by atomic mass is 9.98. The Morgan fingerprint density at radius 3 is 2.73 bits per heavy atom. The summed E-state index contributed by atoms with van der Waals surface area (Å²) in [7, 11) is 0. The predicted molar refractivity (Wildman–Crippen MR) is 102 cm³/mol. The van der Waals surface area contributed by atoms with Crippen LogP contribution in [0.3, 0.4) is 0 Å². The Balaban J connectivity index is 0.00000196. The van der Waals surface area contributed by atoms with Gasteiger partial charge in [-0.1, -0.05) is 41.2 Å². The Morgan fingerprint density at radius 1 is 1.27 bits per heavy atom. The predicted octanol–water partition coefficient (Wildman–Crippen LogP) is 4.05. The molecule has 9 heteroatoms. The summed E-state index contributed by atoms with van der Waals surface area (Å²) in [5.41, 5.74) is 6.45. The molecular formula is C17H19Cl3N4O2. The summed E-state index contributed by atoms with van der Waals surface area (Å²) >= 11 is 12.3. The third kappa shape index (κ3) is 3.31. The highest BCUT2D eigenvalue weighted by molar-refractivity contribution is 6.36. The Kier molecular flexibility index (Phi) is 5.49. The Hall–Kier alpha value is -1.34. The van der Waals surface area contributed by atoms with Crippen molar-refractivity contribution < 1.29 is 9.32 Å². The van der Waals surface area contributed by atoms with Crippen molar-refractivity contribution in [2.24, 2.45) is 5.73 Å². The van der Waals surface area contributed by atoms with Crippen molar-refractivity contribution in [2.45, 2.75) is 43.6 Å². The number of halogens is 3. The average Bonchev–Trinajstić information content (AvgIpc) is 3.30. The molecule has 0 spiro atoms. The molecule has 2 aliphatic rings. The van der Waals surface area contributed by atoms with Crippen LogP contribution in [0.1, 0.15) is 49.7 Å². The average molecular weight is 418 g/mol. The monoisotopic (exact) mass is 416 g/mol. The van der Waals surface area contributed by atoms with E-state index in [1.165, 1.54) is 0 Å². The van der Waals surface area contributed by atoms with Crippen molar-refractivity contribution in [2.75, 3.05) is 11.4 Å². The maximum absolute atomic E-state index is 12.8. The first kappa shape index (κ1) is 19.4. The third-order valence-corrected chi connectivity index (χ3v) is 5.64. The topological polar surface area (TPSA) is 85.2 Å². The fourth-order valence-corrected chi connectivity index (χ4v) is 4.04. The first-order valence-corrected chi connectivity index (χ1v) is 9.13. The molecule has 6 nitrogen and oxygen atoms in total. The van der Waals surface area contributed by atoms with Gasteiger partial charge in [0.1, 0.15) is 5.92 Å². The SMILES string of the molecule is Cl.NC1(c2noc(C3CCN(c4cc(Cl)ccc4Cl)C3=O)n2)CCCC1. The standard InChI is InChI=1S/C17H18Cl2N4O2.ClH/c18-10-3-4-12(19)13(9-10)23-8-5-11(15(23)24)14-21-16(22-25-14)17(20)6-1-2-7-17;/h3-4,9,11H,1-2,5-8,20H2;1H. The Labute approximate surface area is 167 Å². The second-order valence-electron chi connectivity index (χ2n) is 6.75. The van der Waals surface area contributed by atoms with Crippen molar-refractivity contribution in [1.29, 1.82) is 0 Å². The molecule has 1 aromatic carbocycles. The van der Waals surface area contributed by atoms with Gasteiger partial charge in [-0.25, -0.2) is 0 Å². The molecule has 1 atom stereocenters. The van der Waals surface area contributed by atoms with Gasteiger partial charge in [-0.15, -0.1) is 12.4 Å². The second-order valence-corrected chi connectivity index (χ2v) is 7.59. The number of amides is 1. The Bertz CT molecular complexity index is 820. The zero-order valence-corrected chi connectivity index (χ0v) is 16.3. The van der Waals surface area contributed by atoms with E-state index in [-0.39, 0.29) is 18.3 Å². The van der Waals surface area contributed by atoms with Crippen LogP contribution in [0, 0.1) is 0 Å². The van der Waals surface area contributed by atoms with Crippen LogP contribution in [-0.4, -0.2) is 22.6 Å². The summed E-state index contributed by atoms with van der Waals surface area (Å²) in [5.74, 6) is 0.252. The van der Waals surface area contributed by atoms with E-state index >= 15 is 0 Å². The van der Waals surface area contributed by atoms with Crippen molar-refractivity contribution in [3.05, 3.63) is 40.0 Å². The lowest BCUT2D eigenvalue weighted by Crippen LogP contribution is -2.34. The van der Waals surface area contributed by atoms with Gasteiger partial charge >= 0.3 is 0 Å². The first-order valence-electron chi connectivity index (χ1n) is 8.37. The molecular weight excluding hydrogens is 399 g/mol. The van der Waals surface area contributed by atoms with Crippen molar-refractivity contribution in [3.8, 4) is 0 Å². The quantitative estimate of drug-likeness (QED) is 0.814. The number of carbonyl (C=O) groups excluding carboxylic acids is 1. The number of nitrogens with zero attached hydrogens (tertiary/aromatic N) is 3. The van der Waals surface area contributed by atoms with E-state index in [1.54, 1.807) is 23.1 Å². The number of rotatable bonds is 3. The molecule has 1 aliphatic carbocycles. The minimum atomic E-state index is -0.528. The zero-order valence-electron chi connectivity index (χ0n) is 14.0. The number of aromatic nitrogens is 2. The molecule has 0 radical (unpaired) electrons. The molecule has 2 fully saturated rings. The maximum atomic E-state index is 12.8. The van der Waals surface area contributed by atoms with Crippen LogP contribution in [0.15, 0.2) is 22.7 Å². The van der Waals surface area contributed by atoms with E-state index < -0.39 is 11.5 Å². The minimum Gasteiger partial charge on any atom is -0.338 e. The largest absolute Gasteiger partial charge is 0.338 e. The normalized spacial score (nSPS) is 21.9. The highest BCUT2D eigenvalue weighted by Gasteiger charge is 2.41. The summed E-state index contributed by atoms with van der Waals surface area (Å²) in [6, 6.07) is 5.07. The van der Waals surface area contributed by atoms with Crippen LogP contribution < -0.4 is 10.6 Å². The van der Waals surface area contributed by atoms with Crippen LogP contribution in [0.4, 0.5) is 5.69 Å². The second kappa shape index (κ2) is 7.35. The number of hydrogen-bond donors (Lipinski definition) is 1. The lowest BCUT2D eigenvalue weighted by Gasteiger charge is -2.18. The van der Waals surface area contributed by atoms with Gasteiger partial charge in [-0.05, 0) is 37.5 Å². The lowest BCUT2D eigenvalue weighted by molar-refractivity contribution is -0.118. The number of hydrogen-bond acceptors (Lipinski definition) is 5. The van der Waals surface area contributed by atoms with Gasteiger partial charge in [0.2, 0.25) is 11.8 Å². The maximum Gasteiger partial charge on any atom is 0.239 e. The van der Waals surface area contributed by atoms with Gasteiger partial charge in [0.05, 0.1) is 16.2 Å². The zero-order chi connectivity index (χ0) is 17.6. The van der Waals surface area contributed by atoms with Crippen LogP contribution >= 0.6 is 35.6 Å². The van der Waals surface area contributed by atoms with Crippen LogP contribution in [0.5, 0.6) is 0 Å². The fraction of sp³-hybridized carbons (Fsp3) is 0.471. The molecule has 1 saturated heterocycles. The van der Waals surface area contributed by atoms with Crippen molar-refractivity contribution >= 4 is 47.2 Å². The van der Waals surface area contributed by atoms with E-state index in [0.717, 1.165) is 25.7 Å². The first-order chi connectivity index (χ1) is 12.0. The molecule has 2 heterocycles. The van der Waals surface area contributed by atoms with Gasteiger partial charge in [0.15, 0.2) is 5.82 Å². The summed E-state index contributed by atoms with van der Waals surface area (Å²) in [6.07, 6.45) is 4.39. The molecule has 2 aromatic rings. The summed E-state index contributed by atoms with van der Waals surface area (Å²) in [6.45, 7) is 0.523. The molecule has 4 rings (SSSR count). The van der Waals surface area contributed by atoms with E-state index in [0.29, 0.717) is 40.4 Å². The number of benzene rings is 1. The van der Waals surface area contributed by atoms with Crippen LogP contribution in [0.2, 0.25) is 10.0 Å². The summed E-state index contributed by atoms with van der Waals surface area (Å²) < 4.78 is 5.39. The molecule has 1 saturated carbocycles.